The molecule has 3 rings (SSSR count). The number of hydrogen-bond donors (Lipinski definition) is 1. The Kier molecular flexibility index (Phi) is 4.36. The van der Waals surface area contributed by atoms with Crippen LogP contribution in [0.3, 0.4) is 0 Å². The van der Waals surface area contributed by atoms with Gasteiger partial charge in [-0.15, -0.1) is 0 Å². The quantitative estimate of drug-likeness (QED) is 0.734. The fourth-order valence-corrected chi connectivity index (χ4v) is 2.83. The summed E-state index contributed by atoms with van der Waals surface area (Å²) in [6.07, 6.45) is 3.64. The van der Waals surface area contributed by atoms with E-state index in [0.717, 1.165) is 28.6 Å². The zero-order valence-electron chi connectivity index (χ0n) is 12.7. The van der Waals surface area contributed by atoms with Gasteiger partial charge in [-0.05, 0) is 48.7 Å². The Morgan fingerprint density at radius 2 is 2.00 bits per heavy atom. The van der Waals surface area contributed by atoms with E-state index < -0.39 is 0 Å². The highest BCUT2D eigenvalue weighted by Gasteiger charge is 2.07. The van der Waals surface area contributed by atoms with Crippen molar-refractivity contribution in [2.24, 2.45) is 0 Å². The van der Waals surface area contributed by atoms with E-state index in [4.69, 9.17) is 11.6 Å². The van der Waals surface area contributed by atoms with Gasteiger partial charge in [-0.1, -0.05) is 23.7 Å². The first-order valence-electron chi connectivity index (χ1n) is 7.29. The molecule has 0 aliphatic carbocycles. The number of rotatable bonds is 4. The van der Waals surface area contributed by atoms with Crippen LogP contribution < -0.4 is 5.32 Å². The molecule has 22 heavy (non-hydrogen) atoms. The summed E-state index contributed by atoms with van der Waals surface area (Å²) in [5.41, 5.74) is 5.56. The third kappa shape index (κ3) is 3.26. The highest BCUT2D eigenvalue weighted by Crippen LogP contribution is 2.24. The van der Waals surface area contributed by atoms with Crippen molar-refractivity contribution in [1.29, 1.82) is 0 Å². The smallest absolute Gasteiger partial charge is 0.134 e. The van der Waals surface area contributed by atoms with Gasteiger partial charge in [0.2, 0.25) is 0 Å². The molecule has 112 valence electrons. The molecule has 2 heterocycles. The third-order valence-electron chi connectivity index (χ3n) is 3.68. The Bertz CT molecular complexity index is 800. The van der Waals surface area contributed by atoms with Gasteiger partial charge in [-0.25, -0.2) is 4.98 Å². The zero-order valence-corrected chi connectivity index (χ0v) is 13.5. The minimum Gasteiger partial charge on any atom is -0.308 e. The summed E-state index contributed by atoms with van der Waals surface area (Å²) < 4.78 is 0. The van der Waals surface area contributed by atoms with Crippen molar-refractivity contribution in [3.63, 3.8) is 0 Å². The lowest BCUT2D eigenvalue weighted by molar-refractivity contribution is 0.690. The topological polar surface area (TPSA) is 37.8 Å². The van der Waals surface area contributed by atoms with Crippen LogP contribution in [0.2, 0.25) is 5.15 Å². The minimum absolute atomic E-state index is 0.566. The molecule has 1 aromatic carbocycles. The standard InChI is InChI=1S/C18H18ClN3/c1-12-6-13(2)16-8-15(18(19)22-17(16)7-12)11-21-10-14-4-3-5-20-9-14/h3-9,21H,10-11H2,1-2H3. The molecule has 3 nitrogen and oxygen atoms in total. The molecule has 0 aliphatic heterocycles. The maximum atomic E-state index is 6.33. The number of aryl methyl sites for hydroxylation is 2. The average Bonchev–Trinajstić information content (AvgIpc) is 2.49. The van der Waals surface area contributed by atoms with Crippen molar-refractivity contribution in [3.05, 3.63) is 70.1 Å². The SMILES string of the molecule is Cc1cc(C)c2cc(CNCc3cccnc3)c(Cl)nc2c1. The molecule has 0 atom stereocenters. The van der Waals surface area contributed by atoms with Gasteiger partial charge < -0.3 is 5.32 Å². The predicted octanol–water partition coefficient (Wildman–Crippen LogP) is 4.19. The van der Waals surface area contributed by atoms with E-state index in [9.17, 15) is 0 Å². The van der Waals surface area contributed by atoms with Crippen molar-refractivity contribution in [3.8, 4) is 0 Å². The number of fused-ring (bicyclic) bond motifs is 1. The van der Waals surface area contributed by atoms with Gasteiger partial charge in [0.25, 0.3) is 0 Å². The normalized spacial score (nSPS) is 11.0. The zero-order chi connectivity index (χ0) is 15.5. The molecule has 3 aromatic rings. The van der Waals surface area contributed by atoms with Crippen molar-refractivity contribution < 1.29 is 0 Å². The minimum atomic E-state index is 0.566. The van der Waals surface area contributed by atoms with Crippen LogP contribution in [0.1, 0.15) is 22.3 Å². The Hall–Kier alpha value is -1.97. The summed E-state index contributed by atoms with van der Waals surface area (Å²) in [5, 5.41) is 5.12. The van der Waals surface area contributed by atoms with Crippen LogP contribution >= 0.6 is 11.6 Å². The van der Waals surface area contributed by atoms with Crippen LogP contribution in [0.5, 0.6) is 0 Å². The number of benzene rings is 1. The molecule has 0 saturated heterocycles. The summed E-state index contributed by atoms with van der Waals surface area (Å²) in [6.45, 7) is 5.63. The predicted molar refractivity (Wildman–Crippen MR) is 91.0 cm³/mol. The maximum Gasteiger partial charge on any atom is 0.134 e. The van der Waals surface area contributed by atoms with E-state index in [1.165, 1.54) is 11.1 Å². The van der Waals surface area contributed by atoms with Crippen molar-refractivity contribution in [2.45, 2.75) is 26.9 Å². The lowest BCUT2D eigenvalue weighted by atomic mass is 10.0. The van der Waals surface area contributed by atoms with Crippen molar-refractivity contribution >= 4 is 22.5 Å². The number of halogens is 1. The molecule has 0 saturated carbocycles. The largest absolute Gasteiger partial charge is 0.308 e. The van der Waals surface area contributed by atoms with E-state index in [1.807, 2.05) is 18.3 Å². The van der Waals surface area contributed by atoms with Gasteiger partial charge in [0.05, 0.1) is 5.52 Å². The van der Waals surface area contributed by atoms with Crippen LogP contribution in [0, 0.1) is 13.8 Å². The van der Waals surface area contributed by atoms with Gasteiger partial charge in [-0.2, -0.15) is 0 Å². The molecule has 0 aliphatic rings. The molecule has 0 amide bonds. The first-order chi connectivity index (χ1) is 10.6. The highest BCUT2D eigenvalue weighted by atomic mass is 35.5. The van der Waals surface area contributed by atoms with E-state index in [2.05, 4.69) is 47.3 Å². The van der Waals surface area contributed by atoms with Crippen LogP contribution in [0.15, 0.2) is 42.7 Å². The number of hydrogen-bond acceptors (Lipinski definition) is 3. The van der Waals surface area contributed by atoms with Gasteiger partial charge >= 0.3 is 0 Å². The molecule has 4 heteroatoms. The van der Waals surface area contributed by atoms with Crippen LogP contribution in [0.4, 0.5) is 0 Å². The molecular formula is C18H18ClN3. The number of pyridine rings is 2. The fourth-order valence-electron chi connectivity index (χ4n) is 2.62. The molecule has 0 spiro atoms. The van der Waals surface area contributed by atoms with Crippen LogP contribution in [-0.2, 0) is 13.1 Å². The molecule has 0 radical (unpaired) electrons. The molecule has 0 unspecified atom stereocenters. The van der Waals surface area contributed by atoms with Crippen molar-refractivity contribution in [2.75, 3.05) is 0 Å². The van der Waals surface area contributed by atoms with Gasteiger partial charge in [0, 0.05) is 36.4 Å². The first kappa shape index (κ1) is 14.9. The summed E-state index contributed by atoms with van der Waals surface area (Å²) in [6, 6.07) is 10.4. The molecule has 0 fully saturated rings. The van der Waals surface area contributed by atoms with E-state index in [1.54, 1.807) is 6.20 Å². The van der Waals surface area contributed by atoms with Gasteiger partial charge in [-0.3, -0.25) is 4.98 Å². The molecule has 1 N–H and O–H groups in total. The van der Waals surface area contributed by atoms with E-state index in [0.29, 0.717) is 11.7 Å². The van der Waals surface area contributed by atoms with E-state index >= 15 is 0 Å². The average molecular weight is 312 g/mol. The maximum absolute atomic E-state index is 6.33. The second-order valence-electron chi connectivity index (χ2n) is 5.55. The Balaban J connectivity index is 1.80. The Labute approximate surface area is 135 Å². The molecule has 2 aromatic heterocycles. The lowest BCUT2D eigenvalue weighted by Crippen LogP contribution is -2.13. The van der Waals surface area contributed by atoms with Crippen LogP contribution in [-0.4, -0.2) is 9.97 Å². The first-order valence-corrected chi connectivity index (χ1v) is 7.67. The number of nitrogens with one attached hydrogen (secondary N) is 1. The summed E-state index contributed by atoms with van der Waals surface area (Å²) in [4.78, 5) is 8.65. The third-order valence-corrected chi connectivity index (χ3v) is 4.01. The van der Waals surface area contributed by atoms with Gasteiger partial charge in [0.15, 0.2) is 0 Å². The lowest BCUT2D eigenvalue weighted by Gasteiger charge is -2.10. The highest BCUT2D eigenvalue weighted by molar-refractivity contribution is 6.30. The second-order valence-corrected chi connectivity index (χ2v) is 5.91. The Morgan fingerprint density at radius 3 is 2.77 bits per heavy atom. The molecule has 0 bridgehead atoms. The fraction of sp³-hybridized carbons (Fsp3) is 0.222. The summed E-state index contributed by atoms with van der Waals surface area (Å²) in [5.74, 6) is 0. The van der Waals surface area contributed by atoms with Crippen LogP contribution in [0.25, 0.3) is 10.9 Å². The second kappa shape index (κ2) is 6.42. The van der Waals surface area contributed by atoms with Crippen molar-refractivity contribution in [1.82, 2.24) is 15.3 Å². The number of nitrogens with zero attached hydrogens (tertiary/aromatic N) is 2. The number of aromatic nitrogens is 2. The summed E-state index contributed by atoms with van der Waals surface area (Å²) in [7, 11) is 0. The van der Waals surface area contributed by atoms with Gasteiger partial charge in [0.1, 0.15) is 5.15 Å². The molecular weight excluding hydrogens is 294 g/mol. The summed E-state index contributed by atoms with van der Waals surface area (Å²) >= 11 is 6.33. The monoisotopic (exact) mass is 311 g/mol. The van der Waals surface area contributed by atoms with E-state index in [-0.39, 0.29) is 0 Å². The Morgan fingerprint density at radius 1 is 1.14 bits per heavy atom.